The van der Waals surface area contributed by atoms with Gasteiger partial charge in [0.2, 0.25) is 0 Å². The van der Waals surface area contributed by atoms with Crippen molar-refractivity contribution in [1.82, 2.24) is 5.01 Å². The Morgan fingerprint density at radius 1 is 1.15 bits per heavy atom. The summed E-state index contributed by atoms with van der Waals surface area (Å²) in [5.74, 6) is 6.28. The molecule has 214 valence electrons. The maximum atomic E-state index is 12.5. The van der Waals surface area contributed by atoms with Crippen LogP contribution in [-0.2, 0) is 9.53 Å². The molecule has 0 amide bonds. The van der Waals surface area contributed by atoms with Crippen LogP contribution < -0.4 is 21.6 Å². The zero-order valence-electron chi connectivity index (χ0n) is 23.3. The number of hydrogen-bond acceptors (Lipinski definition) is 9. The zero-order chi connectivity index (χ0) is 28.6. The van der Waals surface area contributed by atoms with Crippen LogP contribution in [0.1, 0.15) is 45.4 Å². The first-order chi connectivity index (χ1) is 19.3. The Morgan fingerprint density at radius 3 is 2.52 bits per heavy atom. The number of carbonyl (C=O) groups excluding carboxylic acids is 1. The lowest BCUT2D eigenvalue weighted by Gasteiger charge is -2.28. The summed E-state index contributed by atoms with van der Waals surface area (Å²) in [7, 11) is 1.29. The third kappa shape index (κ3) is 7.22. The first kappa shape index (κ1) is 29.2. The van der Waals surface area contributed by atoms with Gasteiger partial charge in [0.1, 0.15) is 12.5 Å². The lowest BCUT2D eigenvalue weighted by Crippen LogP contribution is -2.27. The fraction of sp³-hybridized carbons (Fsp3) is 0.419. The van der Waals surface area contributed by atoms with Gasteiger partial charge in [-0.25, -0.2) is 10.6 Å². The summed E-state index contributed by atoms with van der Waals surface area (Å²) in [5.41, 5.74) is 10.2. The molecule has 3 atom stereocenters. The number of methoxy groups -OCH3 is 1. The number of ether oxygens (including phenoxy) is 2. The normalized spacial score (nSPS) is 20.6. The van der Waals surface area contributed by atoms with Crippen LogP contribution in [0.4, 0.5) is 5.69 Å². The molecule has 2 fully saturated rings. The number of rotatable bonds is 12. The Kier molecular flexibility index (Phi) is 9.84. The van der Waals surface area contributed by atoms with Gasteiger partial charge in [0.25, 0.3) is 0 Å². The summed E-state index contributed by atoms with van der Waals surface area (Å²) in [6.45, 7) is 1.80. The fourth-order valence-electron chi connectivity index (χ4n) is 5.52. The topological polar surface area (TPSA) is 147 Å². The van der Waals surface area contributed by atoms with Crippen molar-refractivity contribution in [1.29, 1.82) is 5.41 Å². The molecular formula is C31H41N5O4. The van der Waals surface area contributed by atoms with E-state index in [1.54, 1.807) is 0 Å². The van der Waals surface area contributed by atoms with Gasteiger partial charge >= 0.3 is 5.97 Å². The molecule has 2 aromatic carbocycles. The molecule has 2 aliphatic rings. The van der Waals surface area contributed by atoms with Crippen molar-refractivity contribution < 1.29 is 19.4 Å². The molecule has 9 heteroatoms. The van der Waals surface area contributed by atoms with Crippen LogP contribution >= 0.6 is 0 Å². The molecule has 7 N–H and O–H groups in total. The molecule has 2 aliphatic carbocycles. The number of nitrogens with two attached hydrogens (primary N) is 2. The summed E-state index contributed by atoms with van der Waals surface area (Å²) in [5, 5.41) is 21.6. The second-order valence-corrected chi connectivity index (χ2v) is 10.7. The summed E-state index contributed by atoms with van der Waals surface area (Å²) >= 11 is 0. The molecule has 2 saturated carbocycles. The van der Waals surface area contributed by atoms with Crippen molar-refractivity contribution >= 4 is 17.9 Å². The number of aliphatic hydroxyl groups is 1. The monoisotopic (exact) mass is 547 g/mol. The van der Waals surface area contributed by atoms with E-state index in [4.69, 9.17) is 26.5 Å². The van der Waals surface area contributed by atoms with E-state index in [1.165, 1.54) is 45.4 Å². The van der Waals surface area contributed by atoms with E-state index in [-0.39, 0.29) is 30.2 Å². The molecule has 0 aromatic heterocycles. The van der Waals surface area contributed by atoms with Crippen LogP contribution in [0.5, 0.6) is 5.75 Å². The predicted molar refractivity (Wildman–Crippen MR) is 157 cm³/mol. The smallest absolute Gasteiger partial charge is 0.341 e. The summed E-state index contributed by atoms with van der Waals surface area (Å²) in [6.07, 6.45) is 9.65. The van der Waals surface area contributed by atoms with E-state index < -0.39 is 5.97 Å². The highest BCUT2D eigenvalue weighted by atomic mass is 16.5. The first-order valence-electron chi connectivity index (χ1n) is 13.9. The van der Waals surface area contributed by atoms with Crippen LogP contribution in [-0.4, -0.2) is 42.2 Å². The van der Waals surface area contributed by atoms with Gasteiger partial charge in [0, 0.05) is 41.3 Å². The molecule has 40 heavy (non-hydrogen) atoms. The zero-order valence-corrected chi connectivity index (χ0v) is 23.3. The molecule has 0 radical (unpaired) electrons. The number of carbonyl (C=O) groups is 1. The first-order valence-corrected chi connectivity index (χ1v) is 13.9. The van der Waals surface area contributed by atoms with Crippen molar-refractivity contribution in [3.8, 4) is 16.9 Å². The average Bonchev–Trinajstić information content (AvgIpc) is 3.78. The number of anilines is 1. The van der Waals surface area contributed by atoms with Gasteiger partial charge in [-0.2, -0.15) is 0 Å². The van der Waals surface area contributed by atoms with Gasteiger partial charge in [0.15, 0.2) is 0 Å². The van der Waals surface area contributed by atoms with E-state index in [2.05, 4.69) is 18.3 Å². The van der Waals surface area contributed by atoms with Gasteiger partial charge in [0.05, 0.1) is 18.8 Å². The minimum absolute atomic E-state index is 0.0946. The SMILES string of the molecule is COC(=O)/C(C=N)=C(/Nc1cccc(-c2cccc(OC(C)C3CCCCC3)c2)c1)[C@@H]1CC1/C(N)=C/N(N)CO. The van der Waals surface area contributed by atoms with Crippen LogP contribution in [0.15, 0.2) is 71.7 Å². The fourth-order valence-corrected chi connectivity index (χ4v) is 5.52. The van der Waals surface area contributed by atoms with Crippen molar-refractivity contribution in [3.05, 3.63) is 71.7 Å². The lowest BCUT2D eigenvalue weighted by molar-refractivity contribution is -0.135. The second-order valence-electron chi connectivity index (χ2n) is 10.7. The summed E-state index contributed by atoms with van der Waals surface area (Å²) in [6, 6.07) is 16.0. The number of hydrogen-bond donors (Lipinski definition) is 5. The largest absolute Gasteiger partial charge is 0.490 e. The lowest BCUT2D eigenvalue weighted by atomic mass is 9.86. The molecule has 9 nitrogen and oxygen atoms in total. The van der Waals surface area contributed by atoms with E-state index >= 15 is 0 Å². The number of esters is 1. The minimum Gasteiger partial charge on any atom is -0.490 e. The standard InChI is InChI=1S/C31H41N5O4/c1-20(21-8-4-3-5-9-21)40-25-13-7-11-23(15-25)22-10-6-12-24(14-22)35-30(28(17-32)31(38)39-2)27-16-26(27)29(33)18-36(34)19-37/h6-7,10-15,17-18,20-21,26-27,32,35,37H,3-5,8-9,16,19,33-34H2,1-2H3/b29-18-,30-28+,32-17?/t20?,26?,27-/m1/s1. The number of nitrogens with one attached hydrogen (secondary N) is 2. The summed E-state index contributed by atoms with van der Waals surface area (Å²) < 4.78 is 11.3. The molecular weight excluding hydrogens is 506 g/mol. The summed E-state index contributed by atoms with van der Waals surface area (Å²) in [4.78, 5) is 12.5. The van der Waals surface area contributed by atoms with Gasteiger partial charge < -0.3 is 31.0 Å². The van der Waals surface area contributed by atoms with Crippen LogP contribution in [0, 0.1) is 23.2 Å². The molecule has 4 rings (SSSR count). The van der Waals surface area contributed by atoms with Gasteiger partial charge in [-0.15, -0.1) is 0 Å². The molecule has 2 unspecified atom stereocenters. The average molecular weight is 548 g/mol. The predicted octanol–water partition coefficient (Wildman–Crippen LogP) is 4.75. The molecule has 0 saturated heterocycles. The van der Waals surface area contributed by atoms with Gasteiger partial charge in [-0.3, -0.25) is 5.01 Å². The van der Waals surface area contributed by atoms with Crippen molar-refractivity contribution in [3.63, 3.8) is 0 Å². The molecule has 0 heterocycles. The van der Waals surface area contributed by atoms with E-state index in [0.717, 1.165) is 33.8 Å². The van der Waals surface area contributed by atoms with Crippen LogP contribution in [0.2, 0.25) is 0 Å². The Labute approximate surface area is 236 Å². The maximum absolute atomic E-state index is 12.5. The van der Waals surface area contributed by atoms with E-state index in [9.17, 15) is 9.90 Å². The quantitative estimate of drug-likeness (QED) is 0.0639. The van der Waals surface area contributed by atoms with Crippen molar-refractivity contribution in [2.24, 2.45) is 29.3 Å². The molecule has 0 spiro atoms. The number of nitrogens with zero attached hydrogens (tertiary/aromatic N) is 1. The van der Waals surface area contributed by atoms with Crippen LogP contribution in [0.3, 0.4) is 0 Å². The second kappa shape index (κ2) is 13.5. The Bertz CT molecular complexity index is 1250. The molecule has 2 aromatic rings. The minimum atomic E-state index is -0.602. The van der Waals surface area contributed by atoms with Crippen LogP contribution in [0.25, 0.3) is 11.1 Å². The van der Waals surface area contributed by atoms with Crippen molar-refractivity contribution in [2.45, 2.75) is 51.6 Å². The highest BCUT2D eigenvalue weighted by Crippen LogP contribution is 2.48. The third-order valence-corrected chi connectivity index (χ3v) is 7.85. The number of allylic oxidation sites excluding steroid dienone is 2. The highest BCUT2D eigenvalue weighted by molar-refractivity contribution is 6.09. The number of benzene rings is 2. The van der Waals surface area contributed by atoms with Crippen molar-refractivity contribution in [2.75, 3.05) is 19.2 Å². The Hall–Kier alpha value is -3.82. The Morgan fingerprint density at radius 2 is 1.85 bits per heavy atom. The third-order valence-electron chi connectivity index (χ3n) is 7.85. The van der Waals surface area contributed by atoms with Gasteiger partial charge in [-0.1, -0.05) is 43.5 Å². The maximum Gasteiger partial charge on any atom is 0.341 e. The number of hydrazine groups is 1. The Balaban J connectivity index is 1.56. The molecule has 0 bridgehead atoms. The van der Waals surface area contributed by atoms with E-state index in [0.29, 0.717) is 23.7 Å². The number of aliphatic hydroxyl groups excluding tert-OH is 1. The highest BCUT2D eigenvalue weighted by Gasteiger charge is 2.44. The van der Waals surface area contributed by atoms with Gasteiger partial charge in [-0.05, 0) is 67.5 Å². The van der Waals surface area contributed by atoms with E-state index in [1.807, 2.05) is 42.5 Å². The molecule has 0 aliphatic heterocycles.